The summed E-state index contributed by atoms with van der Waals surface area (Å²) in [5, 5.41) is 3.69. The Labute approximate surface area is 89.3 Å². The first-order valence-electron chi connectivity index (χ1n) is 4.56. The van der Waals surface area contributed by atoms with E-state index in [4.69, 9.17) is 11.6 Å². The molecule has 1 atom stereocenters. The molecule has 14 heavy (non-hydrogen) atoms. The summed E-state index contributed by atoms with van der Waals surface area (Å²) in [5.41, 5.74) is 1.00. The standard InChI is InChI=1S/C11H14ClNO/c1-8(14)11(13-2)7-9-5-3-4-6-10(9)12/h3-6,11,13H,7H2,1-2H3. The maximum Gasteiger partial charge on any atom is 0.147 e. The maximum atomic E-state index is 11.2. The number of rotatable bonds is 4. The van der Waals surface area contributed by atoms with E-state index in [0.29, 0.717) is 11.4 Å². The summed E-state index contributed by atoms with van der Waals surface area (Å²) in [6, 6.07) is 7.44. The van der Waals surface area contributed by atoms with Crippen molar-refractivity contribution >= 4 is 17.4 Å². The Morgan fingerprint density at radius 3 is 2.64 bits per heavy atom. The van der Waals surface area contributed by atoms with Crippen LogP contribution in [0.3, 0.4) is 0 Å². The number of likely N-dealkylation sites (N-methyl/N-ethyl adjacent to an activating group) is 1. The predicted molar refractivity (Wildman–Crippen MR) is 58.7 cm³/mol. The minimum atomic E-state index is -0.144. The van der Waals surface area contributed by atoms with E-state index in [1.807, 2.05) is 24.3 Å². The van der Waals surface area contributed by atoms with Crippen molar-refractivity contribution in [1.82, 2.24) is 5.32 Å². The Hall–Kier alpha value is -0.860. The molecular formula is C11H14ClNO. The molecule has 1 aromatic carbocycles. The Kier molecular flexibility index (Phi) is 4.11. The largest absolute Gasteiger partial charge is 0.310 e. The van der Waals surface area contributed by atoms with Gasteiger partial charge in [0.2, 0.25) is 0 Å². The molecule has 2 nitrogen and oxygen atoms in total. The highest BCUT2D eigenvalue weighted by Gasteiger charge is 2.13. The van der Waals surface area contributed by atoms with E-state index in [-0.39, 0.29) is 11.8 Å². The summed E-state index contributed by atoms with van der Waals surface area (Å²) in [5.74, 6) is 0.132. The van der Waals surface area contributed by atoms with Crippen LogP contribution >= 0.6 is 11.6 Å². The minimum Gasteiger partial charge on any atom is -0.310 e. The van der Waals surface area contributed by atoms with Crippen molar-refractivity contribution in [3.8, 4) is 0 Å². The summed E-state index contributed by atoms with van der Waals surface area (Å²) in [4.78, 5) is 11.2. The van der Waals surface area contributed by atoms with E-state index >= 15 is 0 Å². The average Bonchev–Trinajstić information content (AvgIpc) is 2.16. The van der Waals surface area contributed by atoms with Gasteiger partial charge in [-0.2, -0.15) is 0 Å². The van der Waals surface area contributed by atoms with Gasteiger partial charge in [-0.1, -0.05) is 29.8 Å². The number of ketones is 1. The zero-order chi connectivity index (χ0) is 10.6. The molecule has 3 heteroatoms. The monoisotopic (exact) mass is 211 g/mol. The van der Waals surface area contributed by atoms with Crippen molar-refractivity contribution in [3.05, 3.63) is 34.9 Å². The van der Waals surface area contributed by atoms with Gasteiger partial charge in [0.05, 0.1) is 6.04 Å². The van der Waals surface area contributed by atoms with Crippen molar-refractivity contribution in [2.75, 3.05) is 7.05 Å². The number of hydrogen-bond donors (Lipinski definition) is 1. The highest BCUT2D eigenvalue weighted by molar-refractivity contribution is 6.31. The Morgan fingerprint density at radius 2 is 2.14 bits per heavy atom. The van der Waals surface area contributed by atoms with E-state index in [1.165, 1.54) is 0 Å². The number of nitrogens with one attached hydrogen (secondary N) is 1. The third-order valence-electron chi connectivity index (χ3n) is 2.22. The third kappa shape index (κ3) is 2.82. The molecule has 0 saturated carbocycles. The summed E-state index contributed by atoms with van der Waals surface area (Å²) in [6.07, 6.45) is 0.644. The first-order chi connectivity index (χ1) is 6.65. The molecule has 0 heterocycles. The number of hydrogen-bond acceptors (Lipinski definition) is 2. The quantitative estimate of drug-likeness (QED) is 0.826. The van der Waals surface area contributed by atoms with Crippen molar-refractivity contribution in [2.45, 2.75) is 19.4 Å². The van der Waals surface area contributed by atoms with Crippen LogP contribution in [-0.4, -0.2) is 18.9 Å². The van der Waals surface area contributed by atoms with Crippen molar-refractivity contribution in [1.29, 1.82) is 0 Å². The molecule has 1 rings (SSSR count). The Balaban J connectivity index is 2.77. The molecule has 0 spiro atoms. The third-order valence-corrected chi connectivity index (χ3v) is 2.59. The number of Topliss-reactive ketones (excluding diaryl/α,β-unsaturated/α-hetero) is 1. The molecule has 0 bridgehead atoms. The van der Waals surface area contributed by atoms with E-state index < -0.39 is 0 Å². The summed E-state index contributed by atoms with van der Waals surface area (Å²) in [6.45, 7) is 1.58. The summed E-state index contributed by atoms with van der Waals surface area (Å²) >= 11 is 5.99. The molecule has 0 radical (unpaired) electrons. The van der Waals surface area contributed by atoms with Gasteiger partial charge in [-0.15, -0.1) is 0 Å². The fraction of sp³-hybridized carbons (Fsp3) is 0.364. The lowest BCUT2D eigenvalue weighted by Crippen LogP contribution is -2.34. The first-order valence-corrected chi connectivity index (χ1v) is 4.94. The van der Waals surface area contributed by atoms with Gasteiger partial charge in [0.25, 0.3) is 0 Å². The molecule has 1 unspecified atom stereocenters. The van der Waals surface area contributed by atoms with Crippen LogP contribution in [0.1, 0.15) is 12.5 Å². The lowest BCUT2D eigenvalue weighted by Gasteiger charge is -2.13. The molecule has 0 aliphatic heterocycles. The number of carbonyl (C=O) groups is 1. The van der Waals surface area contributed by atoms with Gasteiger partial charge >= 0.3 is 0 Å². The van der Waals surface area contributed by atoms with Crippen LogP contribution in [0.5, 0.6) is 0 Å². The van der Waals surface area contributed by atoms with Crippen LogP contribution in [0.15, 0.2) is 24.3 Å². The SMILES string of the molecule is CNC(Cc1ccccc1Cl)C(C)=O. The zero-order valence-electron chi connectivity index (χ0n) is 8.38. The van der Waals surface area contributed by atoms with Gasteiger partial charge in [-0.25, -0.2) is 0 Å². The molecule has 1 aromatic rings. The number of halogens is 1. The van der Waals surface area contributed by atoms with Crippen LogP contribution in [0.25, 0.3) is 0 Å². The molecule has 0 fully saturated rings. The average molecular weight is 212 g/mol. The van der Waals surface area contributed by atoms with Gasteiger partial charge in [-0.3, -0.25) is 4.79 Å². The van der Waals surface area contributed by atoms with Crippen LogP contribution in [0.2, 0.25) is 5.02 Å². The molecule has 0 aliphatic carbocycles. The Morgan fingerprint density at radius 1 is 1.50 bits per heavy atom. The number of benzene rings is 1. The van der Waals surface area contributed by atoms with Gasteiger partial charge in [0, 0.05) is 5.02 Å². The molecule has 0 saturated heterocycles. The summed E-state index contributed by atoms with van der Waals surface area (Å²) < 4.78 is 0. The van der Waals surface area contributed by atoms with E-state index in [0.717, 1.165) is 5.56 Å². The molecule has 0 aliphatic rings. The lowest BCUT2D eigenvalue weighted by molar-refractivity contribution is -0.118. The van der Waals surface area contributed by atoms with Crippen LogP contribution in [0.4, 0.5) is 0 Å². The molecule has 0 aromatic heterocycles. The second kappa shape index (κ2) is 5.13. The van der Waals surface area contributed by atoms with Crippen molar-refractivity contribution in [3.63, 3.8) is 0 Å². The zero-order valence-corrected chi connectivity index (χ0v) is 9.14. The van der Waals surface area contributed by atoms with Gasteiger partial charge in [0.15, 0.2) is 0 Å². The van der Waals surface area contributed by atoms with Crippen molar-refractivity contribution in [2.24, 2.45) is 0 Å². The molecule has 76 valence electrons. The van der Waals surface area contributed by atoms with Crippen molar-refractivity contribution < 1.29 is 4.79 Å². The highest BCUT2D eigenvalue weighted by atomic mass is 35.5. The smallest absolute Gasteiger partial charge is 0.147 e. The lowest BCUT2D eigenvalue weighted by atomic mass is 10.0. The minimum absolute atomic E-state index is 0.132. The van der Waals surface area contributed by atoms with Gasteiger partial charge < -0.3 is 5.32 Å². The van der Waals surface area contributed by atoms with Crippen LogP contribution < -0.4 is 5.32 Å². The highest BCUT2D eigenvalue weighted by Crippen LogP contribution is 2.16. The van der Waals surface area contributed by atoms with E-state index in [2.05, 4.69) is 5.32 Å². The van der Waals surface area contributed by atoms with Gasteiger partial charge in [0.1, 0.15) is 5.78 Å². The van der Waals surface area contributed by atoms with E-state index in [9.17, 15) is 4.79 Å². The fourth-order valence-corrected chi connectivity index (χ4v) is 1.55. The molecule has 1 N–H and O–H groups in total. The molecular weight excluding hydrogens is 198 g/mol. The van der Waals surface area contributed by atoms with Crippen LogP contribution in [0, 0.1) is 0 Å². The van der Waals surface area contributed by atoms with E-state index in [1.54, 1.807) is 14.0 Å². The summed E-state index contributed by atoms with van der Waals surface area (Å²) in [7, 11) is 1.78. The first kappa shape index (κ1) is 11.2. The maximum absolute atomic E-state index is 11.2. The normalized spacial score (nSPS) is 12.5. The topological polar surface area (TPSA) is 29.1 Å². The Bertz CT molecular complexity index is 325. The second-order valence-corrected chi connectivity index (χ2v) is 3.65. The van der Waals surface area contributed by atoms with Gasteiger partial charge in [-0.05, 0) is 32.0 Å². The molecule has 0 amide bonds. The van der Waals surface area contributed by atoms with Crippen LogP contribution in [-0.2, 0) is 11.2 Å². The predicted octanol–water partition coefficient (Wildman–Crippen LogP) is 2.06. The fourth-order valence-electron chi connectivity index (χ4n) is 1.33. The second-order valence-electron chi connectivity index (χ2n) is 3.25. The number of carbonyl (C=O) groups excluding carboxylic acids is 1.